The number of unbranched alkanes of at least 4 members (excludes halogenated alkanes) is 1. The van der Waals surface area contributed by atoms with E-state index in [1.54, 1.807) is 30.2 Å². The third-order valence-corrected chi connectivity index (χ3v) is 6.19. The summed E-state index contributed by atoms with van der Waals surface area (Å²) in [6, 6.07) is 12.5. The van der Waals surface area contributed by atoms with Crippen LogP contribution in [0.15, 0.2) is 48.0 Å². The number of rotatable bonds is 11. The fraction of sp³-hybridized carbons (Fsp3) is 0.429. The fourth-order valence-electron chi connectivity index (χ4n) is 4.21. The molecule has 0 radical (unpaired) electrons. The number of Topliss-reactive ketones (excluding diaryl/α,β-unsaturated/α-hetero) is 1. The van der Waals surface area contributed by atoms with Crippen LogP contribution in [0.3, 0.4) is 0 Å². The van der Waals surface area contributed by atoms with Crippen LogP contribution in [0.2, 0.25) is 0 Å². The van der Waals surface area contributed by atoms with E-state index in [0.717, 1.165) is 41.7 Å². The highest BCUT2D eigenvalue weighted by molar-refractivity contribution is 6.46. The van der Waals surface area contributed by atoms with E-state index in [0.29, 0.717) is 31.7 Å². The number of ketones is 1. The Labute approximate surface area is 202 Å². The molecule has 0 bridgehead atoms. The van der Waals surface area contributed by atoms with Crippen molar-refractivity contribution in [2.24, 2.45) is 0 Å². The standard InChI is InChI=1S/C28H35NO5/c1-5-7-17-34-23-14-13-22(18-19(23)3)26(30)24-25(21-11-9-20(6-2)10-12-21)29(15-8-16-33-4)28(32)27(24)31/h9-14,18,25,30H,5-8,15-17H2,1-4H3. The van der Waals surface area contributed by atoms with E-state index in [1.807, 2.05) is 31.2 Å². The Morgan fingerprint density at radius 2 is 1.76 bits per heavy atom. The lowest BCUT2D eigenvalue weighted by molar-refractivity contribution is -0.140. The number of likely N-dealkylation sites (tertiary alicyclic amines) is 1. The second-order valence-electron chi connectivity index (χ2n) is 8.62. The summed E-state index contributed by atoms with van der Waals surface area (Å²) in [5.74, 6) is -0.684. The summed E-state index contributed by atoms with van der Waals surface area (Å²) in [5, 5.41) is 11.3. The van der Waals surface area contributed by atoms with Gasteiger partial charge in [0.1, 0.15) is 11.5 Å². The highest BCUT2D eigenvalue weighted by Crippen LogP contribution is 2.40. The number of amides is 1. The van der Waals surface area contributed by atoms with E-state index in [9.17, 15) is 14.7 Å². The zero-order valence-electron chi connectivity index (χ0n) is 20.6. The Morgan fingerprint density at radius 3 is 2.38 bits per heavy atom. The molecule has 1 fully saturated rings. The smallest absolute Gasteiger partial charge is 0.295 e. The second kappa shape index (κ2) is 11.8. The first-order chi connectivity index (χ1) is 16.4. The van der Waals surface area contributed by atoms with E-state index >= 15 is 0 Å². The molecule has 1 N–H and O–H groups in total. The van der Waals surface area contributed by atoms with Crippen molar-refractivity contribution in [1.29, 1.82) is 0 Å². The highest BCUT2D eigenvalue weighted by atomic mass is 16.5. The number of hydrogen-bond acceptors (Lipinski definition) is 5. The zero-order valence-corrected chi connectivity index (χ0v) is 20.6. The Bertz CT molecular complexity index is 1040. The van der Waals surface area contributed by atoms with E-state index in [1.165, 1.54) is 0 Å². The molecule has 0 spiro atoms. The van der Waals surface area contributed by atoms with Crippen molar-refractivity contribution in [1.82, 2.24) is 4.90 Å². The number of nitrogens with zero attached hydrogens (tertiary/aromatic N) is 1. The van der Waals surface area contributed by atoms with Gasteiger partial charge < -0.3 is 19.5 Å². The molecule has 1 aliphatic heterocycles. The third-order valence-electron chi connectivity index (χ3n) is 6.19. The average Bonchev–Trinajstić information content (AvgIpc) is 3.10. The summed E-state index contributed by atoms with van der Waals surface area (Å²) in [6.07, 6.45) is 3.49. The number of aliphatic hydroxyl groups excluding tert-OH is 1. The normalized spacial score (nSPS) is 17.4. The van der Waals surface area contributed by atoms with Crippen LogP contribution in [-0.2, 0) is 20.7 Å². The molecule has 0 saturated carbocycles. The quantitative estimate of drug-likeness (QED) is 0.214. The van der Waals surface area contributed by atoms with E-state index in [2.05, 4.69) is 13.8 Å². The molecule has 1 saturated heterocycles. The summed E-state index contributed by atoms with van der Waals surface area (Å²) >= 11 is 0. The van der Waals surface area contributed by atoms with Gasteiger partial charge in [-0.2, -0.15) is 0 Å². The molecule has 6 heteroatoms. The number of aliphatic hydroxyl groups is 1. The summed E-state index contributed by atoms with van der Waals surface area (Å²) in [7, 11) is 1.60. The molecule has 1 aliphatic rings. The van der Waals surface area contributed by atoms with E-state index < -0.39 is 17.7 Å². The van der Waals surface area contributed by atoms with Crippen molar-refractivity contribution in [3.05, 3.63) is 70.3 Å². The van der Waals surface area contributed by atoms with Crippen LogP contribution in [0.25, 0.3) is 5.76 Å². The molecule has 0 aliphatic carbocycles. The van der Waals surface area contributed by atoms with Crippen molar-refractivity contribution in [3.8, 4) is 5.75 Å². The Kier molecular flexibility index (Phi) is 8.88. The van der Waals surface area contributed by atoms with Crippen LogP contribution in [0.5, 0.6) is 5.75 Å². The van der Waals surface area contributed by atoms with Crippen LogP contribution in [-0.4, -0.2) is 48.6 Å². The van der Waals surface area contributed by atoms with Gasteiger partial charge in [0.25, 0.3) is 11.7 Å². The van der Waals surface area contributed by atoms with Crippen molar-refractivity contribution in [3.63, 3.8) is 0 Å². The van der Waals surface area contributed by atoms with Crippen molar-refractivity contribution in [2.45, 2.75) is 52.5 Å². The molecule has 182 valence electrons. The first-order valence-electron chi connectivity index (χ1n) is 12.0. The largest absolute Gasteiger partial charge is 0.507 e. The lowest BCUT2D eigenvalue weighted by atomic mass is 9.94. The Morgan fingerprint density at radius 1 is 1.03 bits per heavy atom. The zero-order chi connectivity index (χ0) is 24.7. The average molecular weight is 466 g/mol. The lowest BCUT2D eigenvalue weighted by Crippen LogP contribution is -2.31. The number of carbonyl (C=O) groups is 2. The predicted molar refractivity (Wildman–Crippen MR) is 133 cm³/mol. The van der Waals surface area contributed by atoms with Gasteiger partial charge in [-0.25, -0.2) is 0 Å². The van der Waals surface area contributed by atoms with Crippen LogP contribution in [0, 0.1) is 6.92 Å². The van der Waals surface area contributed by atoms with Crippen molar-refractivity contribution < 1.29 is 24.2 Å². The molecular weight excluding hydrogens is 430 g/mol. The second-order valence-corrected chi connectivity index (χ2v) is 8.62. The van der Waals surface area contributed by atoms with Crippen LogP contribution in [0.1, 0.15) is 61.4 Å². The minimum absolute atomic E-state index is 0.116. The topological polar surface area (TPSA) is 76.1 Å². The lowest BCUT2D eigenvalue weighted by Gasteiger charge is -2.25. The molecule has 2 aromatic rings. The maximum absolute atomic E-state index is 13.1. The summed E-state index contributed by atoms with van der Waals surface area (Å²) < 4.78 is 11.0. The number of hydrogen-bond donors (Lipinski definition) is 1. The Balaban J connectivity index is 2.03. The number of aryl methyl sites for hydroxylation is 2. The fourth-order valence-corrected chi connectivity index (χ4v) is 4.21. The van der Waals surface area contributed by atoms with Gasteiger partial charge in [-0.05, 0) is 61.1 Å². The molecule has 34 heavy (non-hydrogen) atoms. The van der Waals surface area contributed by atoms with Gasteiger partial charge >= 0.3 is 0 Å². The predicted octanol–water partition coefficient (Wildman–Crippen LogP) is 5.19. The third kappa shape index (κ3) is 5.50. The van der Waals surface area contributed by atoms with E-state index in [4.69, 9.17) is 9.47 Å². The monoisotopic (exact) mass is 465 g/mol. The van der Waals surface area contributed by atoms with Gasteiger partial charge in [-0.15, -0.1) is 0 Å². The molecule has 2 aromatic carbocycles. The van der Waals surface area contributed by atoms with Crippen molar-refractivity contribution in [2.75, 3.05) is 26.9 Å². The van der Waals surface area contributed by atoms with Crippen LogP contribution in [0.4, 0.5) is 0 Å². The molecule has 1 heterocycles. The molecule has 0 aromatic heterocycles. The van der Waals surface area contributed by atoms with Gasteiger partial charge in [0.05, 0.1) is 18.2 Å². The van der Waals surface area contributed by atoms with E-state index in [-0.39, 0.29) is 11.3 Å². The maximum Gasteiger partial charge on any atom is 0.295 e. The van der Waals surface area contributed by atoms with Gasteiger partial charge in [-0.3, -0.25) is 9.59 Å². The van der Waals surface area contributed by atoms with Gasteiger partial charge in [0.2, 0.25) is 0 Å². The molecular formula is C28H35NO5. The first-order valence-corrected chi connectivity index (χ1v) is 12.0. The number of ether oxygens (including phenoxy) is 2. The molecule has 1 atom stereocenters. The summed E-state index contributed by atoms with van der Waals surface area (Å²) in [5.41, 5.74) is 3.43. The van der Waals surface area contributed by atoms with Gasteiger partial charge in [0, 0.05) is 25.8 Å². The highest BCUT2D eigenvalue weighted by Gasteiger charge is 2.45. The van der Waals surface area contributed by atoms with Crippen LogP contribution < -0.4 is 4.74 Å². The van der Waals surface area contributed by atoms with Crippen LogP contribution >= 0.6 is 0 Å². The minimum atomic E-state index is -0.666. The SMILES string of the molecule is CCCCOc1ccc(C(O)=C2C(=O)C(=O)N(CCCOC)C2c2ccc(CC)cc2)cc1C. The summed E-state index contributed by atoms with van der Waals surface area (Å²) in [4.78, 5) is 27.7. The number of benzene rings is 2. The first kappa shape index (κ1) is 25.5. The maximum atomic E-state index is 13.1. The molecule has 1 amide bonds. The number of methoxy groups -OCH3 is 1. The van der Waals surface area contributed by atoms with Gasteiger partial charge in [-0.1, -0.05) is 44.5 Å². The molecule has 6 nitrogen and oxygen atoms in total. The molecule has 3 rings (SSSR count). The van der Waals surface area contributed by atoms with Crippen molar-refractivity contribution >= 4 is 17.4 Å². The van der Waals surface area contributed by atoms with Gasteiger partial charge in [0.15, 0.2) is 0 Å². The molecule has 1 unspecified atom stereocenters. The summed E-state index contributed by atoms with van der Waals surface area (Å²) in [6.45, 7) is 7.55. The number of carbonyl (C=O) groups excluding carboxylic acids is 2. The Hall–Kier alpha value is -3.12. The minimum Gasteiger partial charge on any atom is -0.507 e.